The van der Waals surface area contributed by atoms with Crippen LogP contribution in [0.4, 0.5) is 22.4 Å². The molecule has 0 aliphatic rings. The third-order valence-corrected chi connectivity index (χ3v) is 7.26. The summed E-state index contributed by atoms with van der Waals surface area (Å²) in [5.41, 5.74) is 4.26. The van der Waals surface area contributed by atoms with Crippen molar-refractivity contribution in [2.45, 2.75) is 32.8 Å². The first-order valence-electron chi connectivity index (χ1n) is 13.0. The van der Waals surface area contributed by atoms with Gasteiger partial charge in [0.1, 0.15) is 12.1 Å². The number of ether oxygens (including phenoxy) is 1. The Hall–Kier alpha value is -4.91. The van der Waals surface area contributed by atoms with Crippen LogP contribution in [0.2, 0.25) is 0 Å². The minimum Gasteiger partial charge on any atom is -0.406 e. The van der Waals surface area contributed by atoms with Crippen LogP contribution in [0.5, 0.6) is 5.75 Å². The van der Waals surface area contributed by atoms with Crippen LogP contribution >= 0.6 is 11.3 Å². The summed E-state index contributed by atoms with van der Waals surface area (Å²) < 4.78 is 59.2. The third-order valence-electron chi connectivity index (χ3n) is 6.31. The molecule has 43 heavy (non-hydrogen) atoms. The molecule has 2 aromatic heterocycles. The molecule has 0 radical (unpaired) electrons. The third kappa shape index (κ3) is 7.12. The summed E-state index contributed by atoms with van der Waals surface area (Å²) in [4.78, 5) is 25.0. The van der Waals surface area contributed by atoms with E-state index < -0.39 is 18.6 Å². The molecule has 0 saturated carbocycles. The fraction of sp³-hybridized carbons (Fsp3) is 0.167. The van der Waals surface area contributed by atoms with Gasteiger partial charge in [-0.2, -0.15) is 4.99 Å². The second-order valence-corrected chi connectivity index (χ2v) is 10.1. The molecule has 0 fully saturated rings. The second-order valence-electron chi connectivity index (χ2n) is 9.23. The minimum atomic E-state index is -4.78. The fourth-order valence-corrected chi connectivity index (χ4v) is 5.11. The van der Waals surface area contributed by atoms with Crippen LogP contribution in [0.1, 0.15) is 29.9 Å². The predicted molar refractivity (Wildman–Crippen MR) is 155 cm³/mol. The molecule has 1 unspecified atom stereocenters. The number of para-hydroxylation sites is 1. The lowest BCUT2D eigenvalue weighted by molar-refractivity contribution is -0.274. The largest absolute Gasteiger partial charge is 0.573 e. The van der Waals surface area contributed by atoms with E-state index in [4.69, 9.17) is 0 Å². The topological polar surface area (TPSA) is 86.7 Å². The van der Waals surface area contributed by atoms with Crippen molar-refractivity contribution in [3.05, 3.63) is 106 Å². The number of halogens is 4. The van der Waals surface area contributed by atoms with Gasteiger partial charge in [0, 0.05) is 22.9 Å². The van der Waals surface area contributed by atoms with E-state index in [9.17, 15) is 22.4 Å². The molecule has 5 aromatic rings. The number of thiazole rings is 1. The molecule has 1 atom stereocenters. The number of benzene rings is 3. The molecule has 0 aliphatic heterocycles. The normalized spacial score (nSPS) is 13.0. The summed E-state index contributed by atoms with van der Waals surface area (Å²) in [7, 11) is 0. The predicted octanol–water partition coefficient (Wildman–Crippen LogP) is 7.36. The van der Waals surface area contributed by atoms with E-state index in [2.05, 4.69) is 24.8 Å². The number of carbonyl (C=O) groups is 1. The van der Waals surface area contributed by atoms with Gasteiger partial charge in [0.25, 0.3) is 0 Å². The van der Waals surface area contributed by atoms with Crippen molar-refractivity contribution in [2.75, 3.05) is 0 Å². The van der Waals surface area contributed by atoms with Gasteiger partial charge >= 0.3 is 12.4 Å². The standard InChI is InChI=1S/C30H24F4N6O2S/c1-3-20-6-4-5-7-26(20)40-19(2)17-43-29(40)37-28(41)35-16-25(31)21-8-10-22(11-9-21)27-36-18-39(38-27)23-12-14-24(15-13-23)42-30(32,33)34/h4-18,25H,3H2,1-2H3. The van der Waals surface area contributed by atoms with Gasteiger partial charge in [0.05, 0.1) is 11.4 Å². The summed E-state index contributed by atoms with van der Waals surface area (Å²) in [5, 5.41) is 6.23. The Morgan fingerprint density at radius 1 is 1.07 bits per heavy atom. The Morgan fingerprint density at radius 2 is 1.79 bits per heavy atom. The van der Waals surface area contributed by atoms with Crippen molar-refractivity contribution in [1.82, 2.24) is 19.3 Å². The van der Waals surface area contributed by atoms with E-state index in [1.54, 1.807) is 12.1 Å². The number of carbonyl (C=O) groups excluding carboxylic acids is 1. The molecule has 0 spiro atoms. The lowest BCUT2D eigenvalue weighted by Crippen LogP contribution is -2.17. The van der Waals surface area contributed by atoms with E-state index in [0.717, 1.165) is 29.6 Å². The molecule has 0 N–H and O–H groups in total. The van der Waals surface area contributed by atoms with Gasteiger partial charge in [-0.05, 0) is 54.8 Å². The quantitative estimate of drug-likeness (QED) is 0.143. The van der Waals surface area contributed by atoms with Gasteiger partial charge in [-0.15, -0.1) is 29.6 Å². The first-order chi connectivity index (χ1) is 20.6. The average Bonchev–Trinajstić information content (AvgIpc) is 3.62. The molecule has 0 bridgehead atoms. The molecule has 0 saturated heterocycles. The number of hydrogen-bond donors (Lipinski definition) is 0. The highest BCUT2D eigenvalue weighted by atomic mass is 32.1. The maximum absolute atomic E-state index is 14.9. The number of aryl methyl sites for hydroxylation is 2. The van der Waals surface area contributed by atoms with Gasteiger partial charge in [-0.3, -0.25) is 4.57 Å². The van der Waals surface area contributed by atoms with Crippen LogP contribution in [0.15, 0.2) is 94.5 Å². The zero-order valence-corrected chi connectivity index (χ0v) is 23.7. The summed E-state index contributed by atoms with van der Waals surface area (Å²) in [6, 6.07) is 18.5. The fourth-order valence-electron chi connectivity index (χ4n) is 4.25. The maximum Gasteiger partial charge on any atom is 0.573 e. The molecule has 8 nitrogen and oxygen atoms in total. The SMILES string of the molecule is CCc1ccccc1-n1c(C)csc1=NC(=O)N=CC(F)c1ccc(-c2ncn(-c3ccc(OC(F)(F)F)cc3)n2)cc1. The highest BCUT2D eigenvalue weighted by Crippen LogP contribution is 2.25. The molecular formula is C30H24F4N6O2S. The Labute approximate surface area is 247 Å². The number of urea groups is 1. The first kappa shape index (κ1) is 29.6. The van der Waals surface area contributed by atoms with Crippen LogP contribution in [0.25, 0.3) is 22.8 Å². The first-order valence-corrected chi connectivity index (χ1v) is 13.9. The van der Waals surface area contributed by atoms with Gasteiger partial charge < -0.3 is 4.74 Å². The van der Waals surface area contributed by atoms with E-state index in [1.165, 1.54) is 58.7 Å². The molecule has 220 valence electrons. The van der Waals surface area contributed by atoms with Crippen LogP contribution < -0.4 is 9.54 Å². The monoisotopic (exact) mass is 608 g/mol. The minimum absolute atomic E-state index is 0.263. The lowest BCUT2D eigenvalue weighted by atomic mass is 10.1. The van der Waals surface area contributed by atoms with Crippen molar-refractivity contribution in [2.24, 2.45) is 9.98 Å². The van der Waals surface area contributed by atoms with E-state index in [-0.39, 0.29) is 11.3 Å². The smallest absolute Gasteiger partial charge is 0.406 e. The Morgan fingerprint density at radius 3 is 2.49 bits per heavy atom. The van der Waals surface area contributed by atoms with Crippen LogP contribution in [0.3, 0.4) is 0 Å². The zero-order valence-electron chi connectivity index (χ0n) is 22.9. The van der Waals surface area contributed by atoms with E-state index in [1.807, 2.05) is 48.1 Å². The van der Waals surface area contributed by atoms with Crippen molar-refractivity contribution in [1.29, 1.82) is 0 Å². The lowest BCUT2D eigenvalue weighted by Gasteiger charge is -2.10. The van der Waals surface area contributed by atoms with Gasteiger partial charge in [-0.1, -0.05) is 49.4 Å². The number of amides is 2. The summed E-state index contributed by atoms with van der Waals surface area (Å²) in [6.45, 7) is 3.97. The molecular weight excluding hydrogens is 584 g/mol. The van der Waals surface area contributed by atoms with Gasteiger partial charge in [0.15, 0.2) is 16.8 Å². The van der Waals surface area contributed by atoms with Gasteiger partial charge in [0.2, 0.25) is 0 Å². The average molecular weight is 609 g/mol. The zero-order chi connectivity index (χ0) is 30.6. The molecule has 3 aromatic carbocycles. The Bertz CT molecular complexity index is 1820. The number of rotatable bonds is 7. The van der Waals surface area contributed by atoms with Crippen molar-refractivity contribution in [3.8, 4) is 28.5 Å². The van der Waals surface area contributed by atoms with Gasteiger partial charge in [-0.25, -0.2) is 23.8 Å². The highest BCUT2D eigenvalue weighted by Gasteiger charge is 2.31. The summed E-state index contributed by atoms with van der Waals surface area (Å²) in [6.07, 6.45) is -3.32. The number of hydrogen-bond acceptors (Lipinski definition) is 5. The molecule has 2 heterocycles. The Kier molecular flexibility index (Phi) is 8.62. The second kappa shape index (κ2) is 12.5. The number of aliphatic imine (C=N–C) groups is 1. The van der Waals surface area contributed by atoms with Crippen molar-refractivity contribution in [3.63, 3.8) is 0 Å². The summed E-state index contributed by atoms with van der Waals surface area (Å²) in [5.74, 6) is -0.0284. The number of aromatic nitrogens is 4. The van der Waals surface area contributed by atoms with Crippen molar-refractivity contribution >= 4 is 23.6 Å². The molecule has 13 heteroatoms. The van der Waals surface area contributed by atoms with Crippen LogP contribution in [-0.2, 0) is 6.42 Å². The van der Waals surface area contributed by atoms with E-state index in [0.29, 0.717) is 21.9 Å². The Balaban J connectivity index is 1.26. The highest BCUT2D eigenvalue weighted by molar-refractivity contribution is 7.07. The molecule has 5 rings (SSSR count). The molecule has 0 aliphatic carbocycles. The maximum atomic E-state index is 14.9. The van der Waals surface area contributed by atoms with Crippen LogP contribution in [0, 0.1) is 6.92 Å². The number of alkyl halides is 4. The summed E-state index contributed by atoms with van der Waals surface area (Å²) >= 11 is 1.30. The number of nitrogens with zero attached hydrogens (tertiary/aromatic N) is 6. The van der Waals surface area contributed by atoms with Crippen LogP contribution in [-0.4, -0.2) is 37.9 Å². The van der Waals surface area contributed by atoms with Crippen molar-refractivity contribution < 1.29 is 27.1 Å². The van der Waals surface area contributed by atoms with E-state index >= 15 is 0 Å². The molecule has 2 amide bonds.